The molecule has 0 aliphatic rings. The largest absolute Gasteiger partial charge is 0.354 e. The van der Waals surface area contributed by atoms with Crippen molar-refractivity contribution in [3.63, 3.8) is 0 Å². The third-order valence-electron chi connectivity index (χ3n) is 1.88. The van der Waals surface area contributed by atoms with Crippen LogP contribution in [0, 0.1) is 0 Å². The fraction of sp³-hybridized carbons (Fsp3) is 0.364. The Kier molecular flexibility index (Phi) is 9.36. The van der Waals surface area contributed by atoms with E-state index in [1.165, 1.54) is 11.8 Å². The van der Waals surface area contributed by atoms with Gasteiger partial charge in [-0.2, -0.15) is 0 Å². The molecule has 0 atom stereocenters. The van der Waals surface area contributed by atoms with Crippen molar-refractivity contribution in [1.29, 1.82) is 0 Å². The zero-order chi connectivity index (χ0) is 11.8. The first-order chi connectivity index (χ1) is 7.72. The zero-order valence-electron chi connectivity index (χ0n) is 9.53. The highest BCUT2D eigenvalue weighted by Crippen LogP contribution is 2.19. The van der Waals surface area contributed by atoms with E-state index in [0.29, 0.717) is 17.3 Å². The molecule has 17 heavy (non-hydrogen) atoms. The summed E-state index contributed by atoms with van der Waals surface area (Å²) in [5.74, 6) is 0.487. The average molecular weight is 295 g/mol. The summed E-state index contributed by atoms with van der Waals surface area (Å²) in [6, 6.07) is 7.47. The third kappa shape index (κ3) is 7.49. The molecular weight excluding hydrogens is 279 g/mol. The summed E-state index contributed by atoms with van der Waals surface area (Å²) in [6.07, 6.45) is 0. The number of carbonyl (C=O) groups excluding carboxylic acids is 1. The molecule has 0 unspecified atom stereocenters. The summed E-state index contributed by atoms with van der Waals surface area (Å²) in [4.78, 5) is 12.4. The number of halogens is 2. The minimum atomic E-state index is 0. The van der Waals surface area contributed by atoms with Crippen molar-refractivity contribution in [2.24, 2.45) is 0 Å². The normalized spacial score (nSPS) is 9.53. The molecule has 1 amide bonds. The van der Waals surface area contributed by atoms with E-state index < -0.39 is 0 Å². The van der Waals surface area contributed by atoms with Crippen LogP contribution in [-0.4, -0.2) is 31.8 Å². The van der Waals surface area contributed by atoms with Gasteiger partial charge in [0.2, 0.25) is 5.91 Å². The van der Waals surface area contributed by atoms with Crippen molar-refractivity contribution >= 4 is 41.7 Å². The Bertz CT molecular complexity index is 333. The molecule has 0 aliphatic heterocycles. The van der Waals surface area contributed by atoms with Crippen LogP contribution in [0.15, 0.2) is 29.2 Å². The maximum Gasteiger partial charge on any atom is 0.230 e. The lowest BCUT2D eigenvalue weighted by atomic mass is 10.4. The van der Waals surface area contributed by atoms with Crippen LogP contribution < -0.4 is 10.6 Å². The number of hydrogen-bond acceptors (Lipinski definition) is 3. The predicted octanol–water partition coefficient (Wildman–Crippen LogP) is 2.19. The van der Waals surface area contributed by atoms with Gasteiger partial charge in [-0.3, -0.25) is 4.79 Å². The Morgan fingerprint density at radius 1 is 1.29 bits per heavy atom. The Morgan fingerprint density at radius 2 is 1.94 bits per heavy atom. The molecule has 0 bridgehead atoms. The van der Waals surface area contributed by atoms with E-state index >= 15 is 0 Å². The van der Waals surface area contributed by atoms with Crippen LogP contribution in [0.1, 0.15) is 0 Å². The molecule has 0 saturated carbocycles. The smallest absolute Gasteiger partial charge is 0.230 e. The van der Waals surface area contributed by atoms with Gasteiger partial charge in [-0.25, -0.2) is 0 Å². The van der Waals surface area contributed by atoms with E-state index in [1.54, 1.807) is 0 Å². The molecular formula is C11H16Cl2N2OS. The minimum Gasteiger partial charge on any atom is -0.354 e. The van der Waals surface area contributed by atoms with Gasteiger partial charge in [0.25, 0.3) is 0 Å². The van der Waals surface area contributed by atoms with Gasteiger partial charge in [0.1, 0.15) is 0 Å². The number of benzene rings is 1. The zero-order valence-corrected chi connectivity index (χ0v) is 11.9. The van der Waals surface area contributed by atoms with Crippen LogP contribution in [0.2, 0.25) is 5.02 Å². The van der Waals surface area contributed by atoms with Crippen molar-refractivity contribution in [3.8, 4) is 0 Å². The molecule has 1 aromatic rings. The van der Waals surface area contributed by atoms with Crippen LogP contribution in [0.25, 0.3) is 0 Å². The van der Waals surface area contributed by atoms with Gasteiger partial charge in [-0.1, -0.05) is 11.6 Å². The second-order valence-corrected chi connectivity index (χ2v) is 4.68. The molecule has 0 heterocycles. The topological polar surface area (TPSA) is 41.1 Å². The molecule has 0 fully saturated rings. The number of nitrogens with one attached hydrogen (secondary N) is 2. The Morgan fingerprint density at radius 3 is 2.53 bits per heavy atom. The summed E-state index contributed by atoms with van der Waals surface area (Å²) in [7, 11) is 1.86. The quantitative estimate of drug-likeness (QED) is 0.624. The number of carbonyl (C=O) groups is 1. The van der Waals surface area contributed by atoms with Gasteiger partial charge in [0.05, 0.1) is 5.75 Å². The first kappa shape index (κ1) is 16.6. The van der Waals surface area contributed by atoms with Gasteiger partial charge >= 0.3 is 0 Å². The minimum absolute atomic E-state index is 0. The first-order valence-corrected chi connectivity index (χ1v) is 6.38. The fourth-order valence-corrected chi connectivity index (χ4v) is 1.91. The van der Waals surface area contributed by atoms with Crippen LogP contribution in [0.5, 0.6) is 0 Å². The van der Waals surface area contributed by atoms with E-state index in [0.717, 1.165) is 11.4 Å². The molecule has 0 radical (unpaired) electrons. The lowest BCUT2D eigenvalue weighted by molar-refractivity contribution is -0.118. The maximum atomic E-state index is 11.4. The van der Waals surface area contributed by atoms with Gasteiger partial charge < -0.3 is 10.6 Å². The maximum absolute atomic E-state index is 11.4. The summed E-state index contributed by atoms with van der Waals surface area (Å²) < 4.78 is 0. The molecule has 0 saturated heterocycles. The monoisotopic (exact) mass is 294 g/mol. The van der Waals surface area contributed by atoms with E-state index in [1.807, 2.05) is 31.3 Å². The van der Waals surface area contributed by atoms with Gasteiger partial charge in [0, 0.05) is 23.0 Å². The van der Waals surface area contributed by atoms with E-state index in [2.05, 4.69) is 10.6 Å². The van der Waals surface area contributed by atoms with Crippen molar-refractivity contribution in [3.05, 3.63) is 29.3 Å². The number of amides is 1. The van der Waals surface area contributed by atoms with Crippen molar-refractivity contribution in [2.75, 3.05) is 25.9 Å². The molecule has 0 aliphatic carbocycles. The first-order valence-electron chi connectivity index (χ1n) is 5.02. The second kappa shape index (κ2) is 9.59. The van der Waals surface area contributed by atoms with E-state index in [-0.39, 0.29) is 18.3 Å². The summed E-state index contributed by atoms with van der Waals surface area (Å²) >= 11 is 7.27. The molecule has 96 valence electrons. The molecule has 0 spiro atoms. The molecule has 0 aromatic heterocycles. The third-order valence-corrected chi connectivity index (χ3v) is 3.14. The predicted molar refractivity (Wildman–Crippen MR) is 76.4 cm³/mol. The molecule has 1 aromatic carbocycles. The number of thioether (sulfide) groups is 1. The average Bonchev–Trinajstić information content (AvgIpc) is 2.29. The van der Waals surface area contributed by atoms with Crippen LogP contribution >= 0.6 is 35.8 Å². The Balaban J connectivity index is 0.00000256. The van der Waals surface area contributed by atoms with Crippen molar-refractivity contribution in [2.45, 2.75) is 4.90 Å². The molecule has 2 N–H and O–H groups in total. The Hall–Kier alpha value is -0.420. The summed E-state index contributed by atoms with van der Waals surface area (Å²) in [5, 5.41) is 6.49. The second-order valence-electron chi connectivity index (χ2n) is 3.20. The lowest BCUT2D eigenvalue weighted by Crippen LogP contribution is -2.31. The molecule has 6 heteroatoms. The molecule has 1 rings (SSSR count). The SMILES string of the molecule is CNCCNC(=O)CSc1ccc(Cl)cc1.Cl. The van der Waals surface area contributed by atoms with Crippen molar-refractivity contribution in [1.82, 2.24) is 10.6 Å². The highest BCUT2D eigenvalue weighted by Gasteiger charge is 2.01. The van der Waals surface area contributed by atoms with Gasteiger partial charge in [-0.05, 0) is 31.3 Å². The van der Waals surface area contributed by atoms with E-state index in [9.17, 15) is 4.79 Å². The highest BCUT2D eigenvalue weighted by atomic mass is 35.5. The Labute approximate surface area is 117 Å². The number of hydrogen-bond donors (Lipinski definition) is 2. The van der Waals surface area contributed by atoms with Crippen LogP contribution in [0.4, 0.5) is 0 Å². The molecule has 3 nitrogen and oxygen atoms in total. The van der Waals surface area contributed by atoms with E-state index in [4.69, 9.17) is 11.6 Å². The van der Waals surface area contributed by atoms with Crippen LogP contribution in [0.3, 0.4) is 0 Å². The summed E-state index contributed by atoms with van der Waals surface area (Å²) in [6.45, 7) is 1.45. The lowest BCUT2D eigenvalue weighted by Gasteiger charge is -2.04. The summed E-state index contributed by atoms with van der Waals surface area (Å²) in [5.41, 5.74) is 0. The standard InChI is InChI=1S/C11H15ClN2OS.ClH/c1-13-6-7-14-11(15)8-16-10-4-2-9(12)3-5-10;/h2-5,13H,6-8H2,1H3,(H,14,15);1H. The van der Waals surface area contributed by atoms with Gasteiger partial charge in [0.15, 0.2) is 0 Å². The highest BCUT2D eigenvalue weighted by molar-refractivity contribution is 8.00. The van der Waals surface area contributed by atoms with Crippen LogP contribution in [-0.2, 0) is 4.79 Å². The number of rotatable bonds is 6. The van der Waals surface area contributed by atoms with Crippen molar-refractivity contribution < 1.29 is 4.79 Å². The number of likely N-dealkylation sites (N-methyl/N-ethyl adjacent to an activating group) is 1. The fourth-order valence-electron chi connectivity index (χ4n) is 1.06. The van der Waals surface area contributed by atoms with Gasteiger partial charge in [-0.15, -0.1) is 24.2 Å².